The third kappa shape index (κ3) is 7.30. The van der Waals surface area contributed by atoms with Gasteiger partial charge in [0.15, 0.2) is 17.7 Å². The van der Waals surface area contributed by atoms with Crippen molar-refractivity contribution in [2.45, 2.75) is 85.2 Å². The van der Waals surface area contributed by atoms with E-state index in [1.165, 1.54) is 5.57 Å². The Morgan fingerprint density at radius 3 is 2.55 bits per heavy atom. The molecule has 3 saturated carbocycles. The molecule has 0 aromatic rings. The smallest absolute Gasteiger partial charge is 0.481 e. The van der Waals surface area contributed by atoms with E-state index in [4.69, 9.17) is 14.6 Å². The molecular weight excluding hydrogens is 542 g/mol. The molecule has 0 heterocycles. The average Bonchev–Trinajstić information content (AvgIpc) is 3.20. The van der Waals surface area contributed by atoms with E-state index in [2.05, 4.69) is 55.8 Å². The minimum Gasteiger partial charge on any atom is -0.481 e. The number of aliphatic hydroxyl groups is 1. The number of ether oxygens (including phenoxy) is 2. The van der Waals surface area contributed by atoms with Gasteiger partial charge >= 0.3 is 12.1 Å². The van der Waals surface area contributed by atoms with Gasteiger partial charge in [-0.15, -0.1) is 4.91 Å². The lowest BCUT2D eigenvalue weighted by Crippen LogP contribution is -2.56. The zero-order valence-electron chi connectivity index (χ0n) is 25.4. The first-order valence-corrected chi connectivity index (χ1v) is 15.1. The van der Waals surface area contributed by atoms with Crippen molar-refractivity contribution in [3.8, 4) is 0 Å². The number of aliphatic carboxylic acids is 1. The van der Waals surface area contributed by atoms with Gasteiger partial charge < -0.3 is 24.5 Å². The van der Waals surface area contributed by atoms with Crippen LogP contribution in [0.15, 0.2) is 41.3 Å². The Hall–Kier alpha value is -3.01. The number of fused-ring (bicyclic) bond motifs is 5. The van der Waals surface area contributed by atoms with Crippen LogP contribution in [0.2, 0.25) is 0 Å². The van der Waals surface area contributed by atoms with Crippen LogP contribution in [0.5, 0.6) is 0 Å². The van der Waals surface area contributed by atoms with Crippen molar-refractivity contribution < 1.29 is 38.9 Å². The van der Waals surface area contributed by atoms with Crippen molar-refractivity contribution in [3.63, 3.8) is 0 Å². The number of unbranched alkanes of at least 4 members (excludes halogenated alkanes) is 1. The molecule has 4 aliphatic carbocycles. The van der Waals surface area contributed by atoms with Gasteiger partial charge in [-0.2, -0.15) is 0 Å². The fourth-order valence-corrected chi connectivity index (χ4v) is 8.36. The predicted octanol–water partition coefficient (Wildman–Crippen LogP) is 6.19. The van der Waals surface area contributed by atoms with Crippen LogP contribution < -0.4 is 0 Å². The van der Waals surface area contributed by atoms with E-state index in [0.717, 1.165) is 37.7 Å². The molecule has 42 heavy (non-hydrogen) atoms. The standard InChI is InChI=1S/C27H37NO7.C5H10O2/c1-16-8-9-26(3)18(12-16)6-7-19-20-13-17(2)23(27(20,4)14-21(29)24(19)26)22(30)15-34-25(31)33-10-5-11-35-28-32;1-2-3-4-5(6)7/h8-9,12,17,19-21,23-24,29H,1,5-7,10-11,13-15H2,2-4H3;2-4H2,1H3,(H,6,7). The number of carbonyl (C=O) groups excluding carboxylic acids is 2. The largest absolute Gasteiger partial charge is 0.508 e. The molecule has 4 aliphatic rings. The maximum absolute atomic E-state index is 13.3. The summed E-state index contributed by atoms with van der Waals surface area (Å²) >= 11 is 0. The minimum atomic E-state index is -0.918. The van der Waals surface area contributed by atoms with E-state index in [1.54, 1.807) is 0 Å². The first-order valence-electron chi connectivity index (χ1n) is 15.1. The van der Waals surface area contributed by atoms with Crippen molar-refractivity contribution in [2.75, 3.05) is 19.8 Å². The highest BCUT2D eigenvalue weighted by molar-refractivity contribution is 5.85. The van der Waals surface area contributed by atoms with E-state index in [0.29, 0.717) is 31.1 Å². The lowest BCUT2D eigenvalue weighted by atomic mass is 9.46. The van der Waals surface area contributed by atoms with Crippen LogP contribution in [0.25, 0.3) is 0 Å². The summed E-state index contributed by atoms with van der Waals surface area (Å²) in [5.74, 6) is -0.171. The molecule has 10 nitrogen and oxygen atoms in total. The summed E-state index contributed by atoms with van der Waals surface area (Å²) in [6.45, 7) is 12.3. The van der Waals surface area contributed by atoms with Gasteiger partial charge in [0.25, 0.3) is 0 Å². The number of rotatable bonds is 11. The van der Waals surface area contributed by atoms with Crippen LogP contribution in [0.4, 0.5) is 4.79 Å². The Bertz CT molecular complexity index is 1080. The summed E-state index contributed by atoms with van der Waals surface area (Å²) in [6.07, 6.45) is 10.9. The lowest BCUT2D eigenvalue weighted by Gasteiger charge is -2.58. The lowest BCUT2D eigenvalue weighted by molar-refractivity contribution is -0.143. The number of carboxylic acids is 1. The van der Waals surface area contributed by atoms with Gasteiger partial charge in [0, 0.05) is 30.1 Å². The van der Waals surface area contributed by atoms with E-state index in [-0.39, 0.29) is 54.2 Å². The minimum absolute atomic E-state index is 0.00835. The fraction of sp³-hybridized carbons (Fsp3) is 0.719. The van der Waals surface area contributed by atoms with Crippen LogP contribution in [-0.4, -0.2) is 54.0 Å². The SMILES string of the molecule is C=C1C=CC2(C)C(=C1)CCC1C2C(O)CC2(C)C1CC(C)C2C(=O)COC(=O)OCCCON=O.CCCCC(=O)O. The molecule has 0 amide bonds. The van der Waals surface area contributed by atoms with E-state index >= 15 is 0 Å². The number of carboxylic acid groups (broad SMARTS) is 1. The van der Waals surface area contributed by atoms with E-state index in [9.17, 15) is 24.4 Å². The molecule has 0 saturated heterocycles. The molecule has 3 fully saturated rings. The van der Waals surface area contributed by atoms with Crippen molar-refractivity contribution in [1.29, 1.82) is 0 Å². The molecule has 8 atom stereocenters. The number of ketones is 1. The van der Waals surface area contributed by atoms with Gasteiger partial charge in [0.05, 0.1) is 12.7 Å². The molecule has 4 rings (SSSR count). The van der Waals surface area contributed by atoms with E-state index in [1.807, 2.05) is 6.92 Å². The third-order valence-electron chi connectivity index (χ3n) is 10.0. The summed E-state index contributed by atoms with van der Waals surface area (Å²) in [5, 5.41) is 21.8. The number of hydrogen-bond acceptors (Lipinski definition) is 9. The predicted molar refractivity (Wildman–Crippen MR) is 156 cm³/mol. The van der Waals surface area contributed by atoms with Crippen molar-refractivity contribution in [3.05, 3.63) is 40.9 Å². The topological polar surface area (TPSA) is 149 Å². The highest BCUT2D eigenvalue weighted by Crippen LogP contribution is 2.67. The zero-order chi connectivity index (χ0) is 31.1. The molecule has 0 aromatic carbocycles. The van der Waals surface area contributed by atoms with Crippen molar-refractivity contribution >= 4 is 17.9 Å². The summed E-state index contributed by atoms with van der Waals surface area (Å²) in [5.41, 5.74) is 1.84. The molecular formula is C32H47NO9. The summed E-state index contributed by atoms with van der Waals surface area (Å²) < 4.78 is 10.0. The highest BCUT2D eigenvalue weighted by Gasteiger charge is 2.64. The Kier molecular flexibility index (Phi) is 11.5. The first kappa shape index (κ1) is 33.5. The summed E-state index contributed by atoms with van der Waals surface area (Å²) in [7, 11) is 0. The van der Waals surface area contributed by atoms with Gasteiger partial charge in [0.2, 0.25) is 0 Å². The Morgan fingerprint density at radius 2 is 1.90 bits per heavy atom. The van der Waals surface area contributed by atoms with Crippen LogP contribution in [0.1, 0.15) is 79.1 Å². The molecule has 234 valence electrons. The molecule has 10 heteroatoms. The molecule has 2 N–H and O–H groups in total. The Morgan fingerprint density at radius 1 is 1.17 bits per heavy atom. The van der Waals surface area contributed by atoms with Crippen molar-refractivity contribution in [2.24, 2.45) is 45.8 Å². The number of allylic oxidation sites excluding steroid dienone is 5. The molecule has 0 aliphatic heterocycles. The van der Waals surface area contributed by atoms with Gasteiger partial charge in [-0.3, -0.25) is 9.59 Å². The second-order valence-corrected chi connectivity index (χ2v) is 12.8. The molecule has 8 unspecified atom stereocenters. The monoisotopic (exact) mass is 589 g/mol. The number of hydrogen-bond donors (Lipinski definition) is 2. The van der Waals surface area contributed by atoms with Gasteiger partial charge in [-0.1, -0.05) is 64.5 Å². The molecule has 0 bridgehead atoms. The van der Waals surface area contributed by atoms with Gasteiger partial charge in [-0.25, -0.2) is 4.79 Å². The maximum atomic E-state index is 13.3. The fourth-order valence-electron chi connectivity index (χ4n) is 8.36. The normalized spacial score (nSPS) is 34.4. The first-order chi connectivity index (χ1) is 19.9. The average molecular weight is 590 g/mol. The molecule has 0 spiro atoms. The van der Waals surface area contributed by atoms with Crippen LogP contribution in [0, 0.1) is 45.3 Å². The number of carbonyl (C=O) groups is 3. The Labute approximate surface area is 248 Å². The van der Waals surface area contributed by atoms with Crippen LogP contribution >= 0.6 is 0 Å². The van der Waals surface area contributed by atoms with Crippen LogP contribution in [-0.2, 0) is 23.9 Å². The quantitative estimate of drug-likeness (QED) is 0.125. The molecule has 0 aromatic heterocycles. The Balaban J connectivity index is 0.000000616. The van der Waals surface area contributed by atoms with Gasteiger partial charge in [-0.05, 0) is 60.8 Å². The number of nitrogens with zero attached hydrogens (tertiary/aromatic N) is 1. The second kappa shape index (κ2) is 14.4. The number of Topliss-reactive ketones (excluding diaryl/α,β-unsaturated/α-hetero) is 1. The highest BCUT2D eigenvalue weighted by atomic mass is 16.7. The summed E-state index contributed by atoms with van der Waals surface area (Å²) in [4.78, 5) is 49.1. The number of aliphatic hydroxyl groups excluding tert-OH is 1. The maximum Gasteiger partial charge on any atom is 0.508 e. The summed E-state index contributed by atoms with van der Waals surface area (Å²) in [6, 6.07) is 0. The van der Waals surface area contributed by atoms with Crippen molar-refractivity contribution in [1.82, 2.24) is 0 Å². The van der Waals surface area contributed by atoms with Crippen LogP contribution in [0.3, 0.4) is 0 Å². The van der Waals surface area contributed by atoms with Gasteiger partial charge in [0.1, 0.15) is 6.61 Å². The third-order valence-corrected chi connectivity index (χ3v) is 10.0. The zero-order valence-corrected chi connectivity index (χ0v) is 25.4. The van der Waals surface area contributed by atoms with E-state index < -0.39 is 18.2 Å². The molecule has 0 radical (unpaired) electrons. The second-order valence-electron chi connectivity index (χ2n) is 12.8.